The molecule has 0 unspecified atom stereocenters. The zero-order valence-electron chi connectivity index (χ0n) is 10.7. The molecule has 1 aliphatic heterocycles. The Labute approximate surface area is 114 Å². The van der Waals surface area contributed by atoms with Crippen molar-refractivity contribution in [1.29, 1.82) is 0 Å². The Morgan fingerprint density at radius 2 is 2.15 bits per heavy atom. The second-order valence-electron chi connectivity index (χ2n) is 4.35. The van der Waals surface area contributed by atoms with Crippen LogP contribution in [0.3, 0.4) is 0 Å². The second-order valence-corrected chi connectivity index (χ2v) is 4.35. The lowest BCUT2D eigenvalue weighted by Gasteiger charge is -2.15. The minimum Gasteiger partial charge on any atom is -0.454 e. The Hall–Kier alpha value is -2.77. The highest BCUT2D eigenvalue weighted by Gasteiger charge is 2.21. The van der Waals surface area contributed by atoms with Crippen LogP contribution in [0.5, 0.6) is 11.5 Å². The van der Waals surface area contributed by atoms with E-state index in [0.717, 1.165) is 5.56 Å². The van der Waals surface area contributed by atoms with Crippen LogP contribution in [0.1, 0.15) is 16.1 Å². The van der Waals surface area contributed by atoms with Crippen LogP contribution in [0.25, 0.3) is 0 Å². The number of anilines is 1. The minimum atomic E-state index is -0.360. The summed E-state index contributed by atoms with van der Waals surface area (Å²) in [4.78, 5) is 13.6. The van der Waals surface area contributed by atoms with Gasteiger partial charge in [0.05, 0.1) is 0 Å². The van der Waals surface area contributed by atoms with Gasteiger partial charge in [0.1, 0.15) is 0 Å². The number of ether oxygens (including phenoxy) is 2. The molecular formula is C12H12N4O4. The fourth-order valence-corrected chi connectivity index (χ4v) is 1.91. The molecule has 8 nitrogen and oxygen atoms in total. The first kappa shape index (κ1) is 12.3. The third kappa shape index (κ3) is 2.11. The molecule has 0 aliphatic carbocycles. The third-order valence-electron chi connectivity index (χ3n) is 2.92. The highest BCUT2D eigenvalue weighted by atomic mass is 16.7. The molecule has 2 aromatic rings. The predicted octanol–water partition coefficient (Wildman–Crippen LogP) is 0.653. The summed E-state index contributed by atoms with van der Waals surface area (Å²) in [5, 5.41) is 6.87. The van der Waals surface area contributed by atoms with Crippen molar-refractivity contribution in [3.8, 4) is 11.5 Å². The Morgan fingerprint density at radius 3 is 2.90 bits per heavy atom. The van der Waals surface area contributed by atoms with E-state index in [-0.39, 0.29) is 24.2 Å². The Kier molecular flexibility index (Phi) is 2.90. The van der Waals surface area contributed by atoms with Gasteiger partial charge in [0.25, 0.3) is 5.91 Å². The van der Waals surface area contributed by atoms with Crippen molar-refractivity contribution in [2.45, 2.75) is 6.54 Å². The summed E-state index contributed by atoms with van der Waals surface area (Å²) < 4.78 is 14.9. The summed E-state index contributed by atoms with van der Waals surface area (Å²) in [6.45, 7) is 0.594. The summed E-state index contributed by atoms with van der Waals surface area (Å²) in [5.74, 6) is 0.993. The molecule has 0 saturated carbocycles. The van der Waals surface area contributed by atoms with Gasteiger partial charge in [0, 0.05) is 13.6 Å². The number of hydrogen-bond acceptors (Lipinski definition) is 7. The van der Waals surface area contributed by atoms with Crippen molar-refractivity contribution in [2.75, 3.05) is 19.6 Å². The molecule has 0 atom stereocenters. The van der Waals surface area contributed by atoms with Crippen LogP contribution in [0.2, 0.25) is 0 Å². The van der Waals surface area contributed by atoms with Crippen LogP contribution in [-0.2, 0) is 6.54 Å². The number of fused-ring (bicyclic) bond motifs is 1. The molecule has 1 aromatic heterocycles. The summed E-state index contributed by atoms with van der Waals surface area (Å²) in [5.41, 5.74) is 6.41. The van der Waals surface area contributed by atoms with E-state index in [4.69, 9.17) is 15.2 Å². The van der Waals surface area contributed by atoms with Gasteiger partial charge in [-0.15, -0.1) is 0 Å². The van der Waals surface area contributed by atoms with Gasteiger partial charge in [-0.2, -0.15) is 0 Å². The van der Waals surface area contributed by atoms with Crippen molar-refractivity contribution in [3.63, 3.8) is 0 Å². The number of rotatable bonds is 3. The van der Waals surface area contributed by atoms with Gasteiger partial charge in [0.2, 0.25) is 18.3 Å². The maximum atomic E-state index is 12.1. The highest BCUT2D eigenvalue weighted by Crippen LogP contribution is 2.32. The van der Waals surface area contributed by atoms with Crippen LogP contribution >= 0.6 is 0 Å². The van der Waals surface area contributed by atoms with E-state index in [0.29, 0.717) is 18.0 Å². The maximum Gasteiger partial charge on any atom is 0.280 e. The van der Waals surface area contributed by atoms with Gasteiger partial charge in [-0.3, -0.25) is 4.79 Å². The number of nitrogen functional groups attached to an aromatic ring is 1. The Bertz CT molecular complexity index is 655. The molecule has 20 heavy (non-hydrogen) atoms. The fourth-order valence-electron chi connectivity index (χ4n) is 1.91. The van der Waals surface area contributed by atoms with Crippen molar-refractivity contribution in [1.82, 2.24) is 15.2 Å². The average Bonchev–Trinajstić information content (AvgIpc) is 3.05. The molecule has 0 saturated heterocycles. The lowest BCUT2D eigenvalue weighted by atomic mass is 10.2. The quantitative estimate of drug-likeness (QED) is 0.877. The zero-order chi connectivity index (χ0) is 14.1. The maximum absolute atomic E-state index is 12.1. The van der Waals surface area contributed by atoms with E-state index in [1.165, 1.54) is 4.90 Å². The Balaban J connectivity index is 1.74. The molecule has 1 aliphatic rings. The average molecular weight is 276 g/mol. The highest BCUT2D eigenvalue weighted by molar-refractivity contribution is 5.95. The fraction of sp³-hybridized carbons (Fsp3) is 0.250. The minimum absolute atomic E-state index is 0.00763. The number of hydrogen-bond donors (Lipinski definition) is 1. The van der Waals surface area contributed by atoms with E-state index in [1.807, 2.05) is 18.2 Å². The molecule has 1 amide bonds. The molecular weight excluding hydrogens is 264 g/mol. The smallest absolute Gasteiger partial charge is 0.280 e. The first-order valence-electron chi connectivity index (χ1n) is 5.87. The van der Waals surface area contributed by atoms with E-state index in [9.17, 15) is 4.79 Å². The first-order valence-corrected chi connectivity index (χ1v) is 5.87. The molecule has 3 rings (SSSR count). The molecule has 8 heteroatoms. The summed E-state index contributed by atoms with van der Waals surface area (Å²) >= 11 is 0. The van der Waals surface area contributed by atoms with Crippen molar-refractivity contribution in [3.05, 3.63) is 29.5 Å². The van der Waals surface area contributed by atoms with Crippen molar-refractivity contribution in [2.24, 2.45) is 0 Å². The number of aromatic nitrogens is 2. The lowest BCUT2D eigenvalue weighted by Crippen LogP contribution is -2.27. The normalized spacial score (nSPS) is 12.4. The summed E-state index contributed by atoms with van der Waals surface area (Å²) in [6, 6.07) is 5.50. The molecule has 0 bridgehead atoms. The van der Waals surface area contributed by atoms with E-state index < -0.39 is 0 Å². The van der Waals surface area contributed by atoms with E-state index in [2.05, 4.69) is 14.9 Å². The van der Waals surface area contributed by atoms with Crippen LogP contribution in [0.15, 0.2) is 22.8 Å². The van der Waals surface area contributed by atoms with Gasteiger partial charge in [0.15, 0.2) is 11.5 Å². The van der Waals surface area contributed by atoms with Gasteiger partial charge in [-0.25, -0.2) is 4.63 Å². The summed E-state index contributed by atoms with van der Waals surface area (Å²) in [7, 11) is 1.64. The molecule has 104 valence electrons. The molecule has 1 aromatic carbocycles. The topological polar surface area (TPSA) is 104 Å². The van der Waals surface area contributed by atoms with Crippen LogP contribution in [-0.4, -0.2) is 35.0 Å². The SMILES string of the molecule is CN(Cc1ccc2c(c1)OCO2)C(=O)c1nonc1N. The van der Waals surface area contributed by atoms with Gasteiger partial charge < -0.3 is 20.1 Å². The molecule has 0 radical (unpaired) electrons. The second kappa shape index (κ2) is 4.72. The monoisotopic (exact) mass is 276 g/mol. The van der Waals surface area contributed by atoms with E-state index in [1.54, 1.807) is 7.05 Å². The number of nitrogens with two attached hydrogens (primary N) is 1. The van der Waals surface area contributed by atoms with Gasteiger partial charge in [-0.1, -0.05) is 6.07 Å². The standard InChI is InChI=1S/C12H12N4O4/c1-16(12(17)10-11(13)15-20-14-10)5-7-2-3-8-9(4-7)19-6-18-8/h2-4H,5-6H2,1H3,(H2,13,15). The lowest BCUT2D eigenvalue weighted by molar-refractivity contribution is 0.0774. The third-order valence-corrected chi connectivity index (χ3v) is 2.92. The van der Waals surface area contributed by atoms with Gasteiger partial charge in [-0.05, 0) is 28.0 Å². The zero-order valence-corrected chi connectivity index (χ0v) is 10.7. The van der Waals surface area contributed by atoms with E-state index >= 15 is 0 Å². The number of nitrogens with zero attached hydrogens (tertiary/aromatic N) is 3. The van der Waals surface area contributed by atoms with Crippen LogP contribution in [0, 0.1) is 0 Å². The molecule has 0 fully saturated rings. The van der Waals surface area contributed by atoms with Crippen LogP contribution in [0.4, 0.5) is 5.82 Å². The first-order chi connectivity index (χ1) is 9.65. The molecule has 2 heterocycles. The molecule has 0 spiro atoms. The van der Waals surface area contributed by atoms with Gasteiger partial charge >= 0.3 is 0 Å². The number of carbonyl (C=O) groups is 1. The number of amides is 1. The molecule has 2 N–H and O–H groups in total. The predicted molar refractivity (Wildman–Crippen MR) is 67.1 cm³/mol. The summed E-state index contributed by atoms with van der Waals surface area (Å²) in [6.07, 6.45) is 0. The largest absolute Gasteiger partial charge is 0.454 e. The Morgan fingerprint density at radius 1 is 1.35 bits per heavy atom. The van der Waals surface area contributed by atoms with Crippen molar-refractivity contribution < 1.29 is 18.9 Å². The van der Waals surface area contributed by atoms with Crippen molar-refractivity contribution >= 4 is 11.7 Å². The number of carbonyl (C=O) groups excluding carboxylic acids is 1. The van der Waals surface area contributed by atoms with Crippen LogP contribution < -0.4 is 15.2 Å². The number of benzene rings is 1.